The van der Waals surface area contributed by atoms with Crippen molar-refractivity contribution in [2.45, 2.75) is 26.4 Å². The van der Waals surface area contributed by atoms with E-state index >= 15 is 0 Å². The fraction of sp³-hybridized carbons (Fsp3) is 0.304. The van der Waals surface area contributed by atoms with Gasteiger partial charge in [-0.3, -0.25) is 4.79 Å². The van der Waals surface area contributed by atoms with Gasteiger partial charge in [-0.25, -0.2) is 5.43 Å². The molecule has 2 aliphatic carbocycles. The third kappa shape index (κ3) is 4.09. The molecule has 0 saturated heterocycles. The van der Waals surface area contributed by atoms with Gasteiger partial charge in [0, 0.05) is 17.2 Å². The highest BCUT2D eigenvalue weighted by Gasteiger charge is 2.37. The second kappa shape index (κ2) is 8.30. The van der Waals surface area contributed by atoms with E-state index in [4.69, 9.17) is 9.47 Å². The molecule has 1 saturated carbocycles. The van der Waals surface area contributed by atoms with Crippen LogP contribution in [0.2, 0.25) is 0 Å². The van der Waals surface area contributed by atoms with Gasteiger partial charge in [0.1, 0.15) is 18.1 Å². The molecule has 2 aromatic rings. The van der Waals surface area contributed by atoms with Crippen molar-refractivity contribution in [3.8, 4) is 11.5 Å². The van der Waals surface area contributed by atoms with E-state index in [0.717, 1.165) is 35.6 Å². The highest BCUT2D eigenvalue weighted by atomic mass is 16.5. The van der Waals surface area contributed by atoms with E-state index in [2.05, 4.69) is 22.7 Å². The van der Waals surface area contributed by atoms with Crippen molar-refractivity contribution in [1.29, 1.82) is 0 Å². The smallest absolute Gasteiger partial charge is 0.271 e. The highest BCUT2D eigenvalue weighted by molar-refractivity contribution is 5.98. The van der Waals surface area contributed by atoms with E-state index in [1.807, 2.05) is 43.3 Å². The third-order valence-electron chi connectivity index (χ3n) is 5.20. The number of hydrazone groups is 1. The van der Waals surface area contributed by atoms with Crippen LogP contribution in [0.1, 0.15) is 35.7 Å². The summed E-state index contributed by atoms with van der Waals surface area (Å²) in [7, 11) is 0. The number of rotatable bonds is 7. The van der Waals surface area contributed by atoms with E-state index in [1.54, 1.807) is 12.1 Å². The van der Waals surface area contributed by atoms with Gasteiger partial charge in [0.05, 0.1) is 6.61 Å². The normalized spacial score (nSPS) is 21.1. The zero-order valence-corrected chi connectivity index (χ0v) is 15.9. The zero-order chi connectivity index (χ0) is 19.3. The Hall–Kier alpha value is -3.08. The first kappa shape index (κ1) is 18.3. The molecule has 1 fully saturated rings. The molecule has 5 nitrogen and oxygen atoms in total. The summed E-state index contributed by atoms with van der Waals surface area (Å²) in [6, 6.07) is 14.9. The first-order valence-electron chi connectivity index (χ1n) is 9.71. The number of benzene rings is 2. The highest BCUT2D eigenvalue weighted by Crippen LogP contribution is 2.40. The van der Waals surface area contributed by atoms with E-state index in [1.165, 1.54) is 0 Å². The lowest BCUT2D eigenvalue weighted by atomic mass is 9.74. The maximum Gasteiger partial charge on any atom is 0.271 e. The second-order valence-electron chi connectivity index (χ2n) is 7.09. The summed E-state index contributed by atoms with van der Waals surface area (Å²) in [5.41, 5.74) is 5.34. The Labute approximate surface area is 165 Å². The molecular weight excluding hydrogens is 352 g/mol. The van der Waals surface area contributed by atoms with Gasteiger partial charge < -0.3 is 9.47 Å². The third-order valence-corrected chi connectivity index (χ3v) is 5.20. The lowest BCUT2D eigenvalue weighted by Gasteiger charge is -2.31. The van der Waals surface area contributed by atoms with Crippen molar-refractivity contribution in [2.24, 2.45) is 16.9 Å². The lowest BCUT2D eigenvalue weighted by Crippen LogP contribution is -2.35. The summed E-state index contributed by atoms with van der Waals surface area (Å²) in [6.07, 6.45) is 6.52. The molecule has 1 N–H and O–H groups in total. The number of hydrogen-bond acceptors (Lipinski definition) is 4. The molecule has 0 bridgehead atoms. The van der Waals surface area contributed by atoms with E-state index in [9.17, 15) is 4.79 Å². The van der Waals surface area contributed by atoms with Gasteiger partial charge in [-0.05, 0) is 67.6 Å². The molecule has 28 heavy (non-hydrogen) atoms. The van der Waals surface area contributed by atoms with Crippen molar-refractivity contribution < 1.29 is 14.3 Å². The van der Waals surface area contributed by atoms with Gasteiger partial charge in [0.2, 0.25) is 0 Å². The van der Waals surface area contributed by atoms with Crippen LogP contribution in [-0.2, 0) is 6.61 Å². The van der Waals surface area contributed by atoms with Crippen LogP contribution in [0, 0.1) is 11.8 Å². The maximum absolute atomic E-state index is 12.3. The minimum atomic E-state index is -0.183. The monoisotopic (exact) mass is 376 g/mol. The van der Waals surface area contributed by atoms with E-state index < -0.39 is 0 Å². The van der Waals surface area contributed by atoms with Crippen LogP contribution < -0.4 is 14.9 Å². The van der Waals surface area contributed by atoms with Crippen molar-refractivity contribution >= 4 is 11.6 Å². The minimum Gasteiger partial charge on any atom is -0.494 e. The number of fused-ring (bicyclic) bond motifs is 1. The number of carbonyl (C=O) groups is 1. The fourth-order valence-corrected chi connectivity index (χ4v) is 3.57. The SMILES string of the molecule is CCOc1ccc(OCc2ccc(C(=O)N/N=C3/C[C@@H]4CC=C[C@@H]34)cc2)cc1. The van der Waals surface area contributed by atoms with Crippen molar-refractivity contribution in [1.82, 2.24) is 5.43 Å². The number of hydrogen-bond donors (Lipinski definition) is 1. The van der Waals surface area contributed by atoms with Crippen molar-refractivity contribution in [2.75, 3.05) is 6.61 Å². The predicted octanol–water partition coefficient (Wildman–Crippen LogP) is 4.35. The Morgan fingerprint density at radius 3 is 2.46 bits per heavy atom. The molecule has 4 rings (SSSR count). The molecule has 2 aromatic carbocycles. The second-order valence-corrected chi connectivity index (χ2v) is 7.09. The van der Waals surface area contributed by atoms with Crippen LogP contribution in [0.25, 0.3) is 0 Å². The number of carbonyl (C=O) groups excluding carboxylic acids is 1. The van der Waals surface area contributed by atoms with E-state index in [0.29, 0.717) is 30.6 Å². The molecule has 0 heterocycles. The van der Waals surface area contributed by atoms with Crippen LogP contribution in [0.15, 0.2) is 65.8 Å². The van der Waals surface area contributed by atoms with Gasteiger partial charge >= 0.3 is 0 Å². The van der Waals surface area contributed by atoms with Crippen LogP contribution in [-0.4, -0.2) is 18.2 Å². The first-order valence-corrected chi connectivity index (χ1v) is 9.71. The average molecular weight is 376 g/mol. The number of nitrogens with one attached hydrogen (secondary N) is 1. The number of ether oxygens (including phenoxy) is 2. The standard InChI is InChI=1S/C23H24N2O3/c1-2-27-19-10-12-20(13-11-19)28-15-16-6-8-17(9-7-16)23(26)25-24-22-14-18-4-3-5-21(18)22/h3,5-13,18,21H,2,4,14-15H2,1H3,(H,25,26)/b24-22-/t18-,21+/m0/s1. The molecule has 0 spiro atoms. The van der Waals surface area contributed by atoms with Gasteiger partial charge in [-0.2, -0.15) is 5.10 Å². The summed E-state index contributed by atoms with van der Waals surface area (Å²) in [5.74, 6) is 2.56. The Morgan fingerprint density at radius 2 is 1.79 bits per heavy atom. The maximum atomic E-state index is 12.3. The predicted molar refractivity (Wildman–Crippen MR) is 109 cm³/mol. The van der Waals surface area contributed by atoms with Gasteiger partial charge in [0.15, 0.2) is 0 Å². The zero-order valence-electron chi connectivity index (χ0n) is 15.9. The first-order chi connectivity index (χ1) is 13.7. The number of nitrogens with zero attached hydrogens (tertiary/aromatic N) is 1. The quantitative estimate of drug-likeness (QED) is 0.577. The Morgan fingerprint density at radius 1 is 1.07 bits per heavy atom. The van der Waals surface area contributed by atoms with Crippen molar-refractivity contribution in [3.63, 3.8) is 0 Å². The molecule has 5 heteroatoms. The van der Waals surface area contributed by atoms with E-state index in [-0.39, 0.29) is 5.91 Å². The number of amides is 1. The molecule has 1 amide bonds. The van der Waals surface area contributed by atoms with Crippen molar-refractivity contribution in [3.05, 3.63) is 71.8 Å². The van der Waals surface area contributed by atoms with Gasteiger partial charge in [0.25, 0.3) is 5.91 Å². The van der Waals surface area contributed by atoms with Gasteiger partial charge in [-0.1, -0.05) is 24.3 Å². The molecule has 0 radical (unpaired) electrons. The fourth-order valence-electron chi connectivity index (χ4n) is 3.57. The molecule has 2 atom stereocenters. The molecule has 0 aliphatic heterocycles. The lowest BCUT2D eigenvalue weighted by molar-refractivity contribution is 0.0954. The largest absolute Gasteiger partial charge is 0.494 e. The summed E-state index contributed by atoms with van der Waals surface area (Å²) in [6.45, 7) is 3.04. The minimum absolute atomic E-state index is 0.183. The topological polar surface area (TPSA) is 59.9 Å². The van der Waals surface area contributed by atoms with Crippen LogP contribution >= 0.6 is 0 Å². The summed E-state index contributed by atoms with van der Waals surface area (Å²) in [5, 5.41) is 4.30. The Kier molecular flexibility index (Phi) is 5.42. The number of allylic oxidation sites excluding steroid dienone is 2. The molecule has 0 aromatic heterocycles. The molecule has 0 unspecified atom stereocenters. The van der Waals surface area contributed by atoms with Gasteiger partial charge in [-0.15, -0.1) is 0 Å². The molecule has 144 valence electrons. The van der Waals surface area contributed by atoms with Crippen LogP contribution in [0.3, 0.4) is 0 Å². The Bertz CT molecular complexity index is 885. The van der Waals surface area contributed by atoms with Crippen LogP contribution in [0.5, 0.6) is 11.5 Å². The summed E-state index contributed by atoms with van der Waals surface area (Å²) in [4.78, 5) is 12.3. The Balaban J connectivity index is 1.28. The summed E-state index contributed by atoms with van der Waals surface area (Å²) < 4.78 is 11.2. The average Bonchev–Trinajstić information content (AvgIpc) is 3.09. The molecular formula is C23H24N2O3. The summed E-state index contributed by atoms with van der Waals surface area (Å²) >= 11 is 0. The van der Waals surface area contributed by atoms with Crippen LogP contribution in [0.4, 0.5) is 0 Å². The molecule has 2 aliphatic rings.